The summed E-state index contributed by atoms with van der Waals surface area (Å²) in [4.78, 5) is 37.9. The zero-order valence-electron chi connectivity index (χ0n) is 41.8. The van der Waals surface area contributed by atoms with Crippen LogP contribution in [0.1, 0.15) is 245 Å². The van der Waals surface area contributed by atoms with Crippen molar-refractivity contribution in [1.82, 2.24) is 0 Å². The van der Waals surface area contributed by atoms with Crippen LogP contribution in [0.5, 0.6) is 0 Å². The van der Waals surface area contributed by atoms with Gasteiger partial charge in [0.15, 0.2) is 6.10 Å². The molecule has 0 radical (unpaired) electrons. The van der Waals surface area contributed by atoms with E-state index in [2.05, 4.69) is 106 Å². The highest BCUT2D eigenvalue weighted by molar-refractivity contribution is 5.71. The molecule has 1 atom stereocenters. The van der Waals surface area contributed by atoms with Gasteiger partial charge in [-0.3, -0.25) is 14.4 Å². The smallest absolute Gasteiger partial charge is 0.306 e. The summed E-state index contributed by atoms with van der Waals surface area (Å²) in [5, 5.41) is 0. The van der Waals surface area contributed by atoms with Crippen LogP contribution in [0, 0.1) is 0 Å². The second-order valence-corrected chi connectivity index (χ2v) is 17.4. The van der Waals surface area contributed by atoms with E-state index >= 15 is 0 Å². The van der Waals surface area contributed by atoms with Gasteiger partial charge in [0.2, 0.25) is 0 Å². The lowest BCUT2D eigenvalue weighted by Crippen LogP contribution is -2.30. The number of unbranched alkanes of at least 4 members (excludes halogenated alkanes) is 22. The molecule has 0 heterocycles. The molecule has 0 saturated heterocycles. The average Bonchev–Trinajstić information content (AvgIpc) is 3.29. The number of hydrogen-bond acceptors (Lipinski definition) is 6. The van der Waals surface area contributed by atoms with E-state index in [0.29, 0.717) is 19.3 Å². The lowest BCUT2D eigenvalue weighted by molar-refractivity contribution is -0.167. The third-order valence-electron chi connectivity index (χ3n) is 11.1. The van der Waals surface area contributed by atoms with Crippen molar-refractivity contribution in [2.75, 3.05) is 13.2 Å². The molecule has 0 aliphatic rings. The Morgan fingerprint density at radius 3 is 1.00 bits per heavy atom. The molecule has 0 aromatic heterocycles. The Morgan fingerprint density at radius 1 is 0.328 bits per heavy atom. The second kappa shape index (κ2) is 52.2. The van der Waals surface area contributed by atoms with Gasteiger partial charge in [0.1, 0.15) is 13.2 Å². The SMILES string of the molecule is CC/C=C\C/C=C\C/C=C\C/C=C\C/C=C\CCCC(=O)OC(COC(=O)CCCCCCCCCC)COC(=O)CCCCCCCCCCC/C=C\C/C=C\CCCCCCC. The molecule has 0 aromatic carbocycles. The van der Waals surface area contributed by atoms with Gasteiger partial charge < -0.3 is 14.2 Å². The van der Waals surface area contributed by atoms with Crippen LogP contribution in [0.15, 0.2) is 85.1 Å². The molecule has 0 spiro atoms. The van der Waals surface area contributed by atoms with Crippen molar-refractivity contribution in [3.05, 3.63) is 85.1 Å². The van der Waals surface area contributed by atoms with Crippen molar-refractivity contribution in [3.8, 4) is 0 Å². The summed E-state index contributed by atoms with van der Waals surface area (Å²) >= 11 is 0. The summed E-state index contributed by atoms with van der Waals surface area (Å²) in [5.41, 5.74) is 0. The Hall–Kier alpha value is -3.41. The largest absolute Gasteiger partial charge is 0.462 e. The zero-order valence-corrected chi connectivity index (χ0v) is 41.8. The Morgan fingerprint density at radius 2 is 0.625 bits per heavy atom. The van der Waals surface area contributed by atoms with Gasteiger partial charge in [-0.15, -0.1) is 0 Å². The number of allylic oxidation sites excluding steroid dienone is 14. The molecule has 6 nitrogen and oxygen atoms in total. The van der Waals surface area contributed by atoms with Crippen molar-refractivity contribution in [3.63, 3.8) is 0 Å². The maximum Gasteiger partial charge on any atom is 0.306 e. The fraction of sp³-hybridized carbons (Fsp3) is 0.707. The van der Waals surface area contributed by atoms with Gasteiger partial charge in [-0.25, -0.2) is 0 Å². The molecule has 0 rings (SSSR count). The molecule has 0 aliphatic heterocycles. The maximum atomic E-state index is 12.8. The highest BCUT2D eigenvalue weighted by atomic mass is 16.6. The molecular weight excluding hydrogens is 793 g/mol. The van der Waals surface area contributed by atoms with E-state index < -0.39 is 6.10 Å². The van der Waals surface area contributed by atoms with E-state index in [-0.39, 0.29) is 37.5 Å². The van der Waals surface area contributed by atoms with Gasteiger partial charge in [0, 0.05) is 19.3 Å². The first-order chi connectivity index (χ1) is 31.5. The highest BCUT2D eigenvalue weighted by Gasteiger charge is 2.19. The predicted molar refractivity (Wildman–Crippen MR) is 274 cm³/mol. The molecule has 0 fully saturated rings. The van der Waals surface area contributed by atoms with E-state index in [1.807, 2.05) is 0 Å². The quantitative estimate of drug-likeness (QED) is 0.0262. The average molecular weight is 891 g/mol. The molecule has 1 unspecified atom stereocenters. The van der Waals surface area contributed by atoms with Crippen LogP contribution in [0.4, 0.5) is 0 Å². The van der Waals surface area contributed by atoms with Crippen molar-refractivity contribution in [2.45, 2.75) is 252 Å². The summed E-state index contributed by atoms with van der Waals surface area (Å²) in [6.45, 7) is 6.43. The van der Waals surface area contributed by atoms with Gasteiger partial charge in [-0.2, -0.15) is 0 Å². The van der Waals surface area contributed by atoms with Crippen LogP contribution >= 0.6 is 0 Å². The molecule has 64 heavy (non-hydrogen) atoms. The minimum absolute atomic E-state index is 0.0999. The minimum Gasteiger partial charge on any atom is -0.462 e. The van der Waals surface area contributed by atoms with Crippen molar-refractivity contribution in [2.24, 2.45) is 0 Å². The van der Waals surface area contributed by atoms with Crippen LogP contribution in [0.25, 0.3) is 0 Å². The third kappa shape index (κ3) is 49.6. The van der Waals surface area contributed by atoms with Gasteiger partial charge in [0.25, 0.3) is 0 Å². The summed E-state index contributed by atoms with van der Waals surface area (Å²) in [7, 11) is 0. The zero-order chi connectivity index (χ0) is 46.5. The van der Waals surface area contributed by atoms with E-state index in [1.54, 1.807) is 0 Å². The monoisotopic (exact) mass is 891 g/mol. The van der Waals surface area contributed by atoms with Crippen LogP contribution in [-0.4, -0.2) is 37.2 Å². The molecule has 366 valence electrons. The van der Waals surface area contributed by atoms with Gasteiger partial charge in [-0.1, -0.05) is 221 Å². The lowest BCUT2D eigenvalue weighted by atomic mass is 10.1. The van der Waals surface area contributed by atoms with Crippen molar-refractivity contribution >= 4 is 17.9 Å². The number of ether oxygens (including phenoxy) is 3. The molecule has 0 bridgehead atoms. The van der Waals surface area contributed by atoms with Crippen LogP contribution in [0.3, 0.4) is 0 Å². The van der Waals surface area contributed by atoms with E-state index in [0.717, 1.165) is 83.5 Å². The summed E-state index contributed by atoms with van der Waals surface area (Å²) in [5.74, 6) is -0.967. The number of carbonyl (C=O) groups excluding carboxylic acids is 3. The molecule has 0 aromatic rings. The minimum atomic E-state index is -0.805. The van der Waals surface area contributed by atoms with Crippen molar-refractivity contribution < 1.29 is 28.6 Å². The van der Waals surface area contributed by atoms with Crippen molar-refractivity contribution in [1.29, 1.82) is 0 Å². The first kappa shape index (κ1) is 60.6. The standard InChI is InChI=1S/C58H98O6/c1-4-7-10-13-16-19-21-23-25-27-28-29-30-32-33-35-37-39-42-45-48-51-57(60)63-54-55(53-62-56(59)50-47-44-41-18-15-12-9-6-3)64-58(61)52-49-46-43-40-38-36-34-31-26-24-22-20-17-14-11-8-5-2/h8,11,17,20-21,23-24,26-28,34,36,40,43,55H,4-7,9-10,12-16,18-19,22,25,29-33,35,37-39,41-42,44-54H2,1-3H3/b11-8-,20-17-,23-21-,26-24-,28-27-,36-34-,43-40-. The molecule has 6 heteroatoms. The number of hydrogen-bond donors (Lipinski definition) is 0. The van der Waals surface area contributed by atoms with E-state index in [1.165, 1.54) is 116 Å². The van der Waals surface area contributed by atoms with E-state index in [4.69, 9.17) is 14.2 Å². The molecular formula is C58H98O6. The fourth-order valence-corrected chi connectivity index (χ4v) is 7.15. The second-order valence-electron chi connectivity index (χ2n) is 17.4. The summed E-state index contributed by atoms with van der Waals surface area (Å²) in [6.07, 6.45) is 67.3. The molecule has 0 amide bonds. The van der Waals surface area contributed by atoms with Crippen LogP contribution in [-0.2, 0) is 28.6 Å². The Kier molecular flexibility index (Phi) is 49.4. The van der Waals surface area contributed by atoms with Crippen LogP contribution in [0.2, 0.25) is 0 Å². The number of esters is 3. The fourth-order valence-electron chi connectivity index (χ4n) is 7.15. The topological polar surface area (TPSA) is 78.9 Å². The Labute approximate surface area is 395 Å². The first-order valence-electron chi connectivity index (χ1n) is 26.6. The van der Waals surface area contributed by atoms with Gasteiger partial charge in [-0.05, 0) is 89.9 Å². The molecule has 0 saturated carbocycles. The predicted octanol–water partition coefficient (Wildman–Crippen LogP) is 17.6. The molecule has 0 aliphatic carbocycles. The van der Waals surface area contributed by atoms with Crippen LogP contribution < -0.4 is 0 Å². The summed E-state index contributed by atoms with van der Waals surface area (Å²) < 4.78 is 16.7. The number of carbonyl (C=O) groups is 3. The Bertz CT molecular complexity index is 1250. The number of rotatable bonds is 47. The Balaban J connectivity index is 4.35. The lowest BCUT2D eigenvalue weighted by Gasteiger charge is -2.18. The van der Waals surface area contributed by atoms with E-state index in [9.17, 15) is 14.4 Å². The summed E-state index contributed by atoms with van der Waals surface area (Å²) in [6, 6.07) is 0. The van der Waals surface area contributed by atoms with Gasteiger partial charge >= 0.3 is 17.9 Å². The maximum absolute atomic E-state index is 12.8. The molecule has 0 N–H and O–H groups in total. The van der Waals surface area contributed by atoms with Gasteiger partial charge in [0.05, 0.1) is 0 Å². The first-order valence-corrected chi connectivity index (χ1v) is 26.6. The normalized spacial score (nSPS) is 12.7. The third-order valence-corrected chi connectivity index (χ3v) is 11.1. The highest BCUT2D eigenvalue weighted by Crippen LogP contribution is 2.14.